The molecule has 0 radical (unpaired) electrons. The molecule has 0 aliphatic carbocycles. The number of aryl methyl sites for hydroxylation is 1. The van der Waals surface area contributed by atoms with Gasteiger partial charge in [-0.1, -0.05) is 23.7 Å². The summed E-state index contributed by atoms with van der Waals surface area (Å²) in [6.45, 7) is 4.14. The van der Waals surface area contributed by atoms with Crippen molar-refractivity contribution < 1.29 is 0 Å². The first-order valence-electron chi connectivity index (χ1n) is 6.46. The number of benzene rings is 1. The van der Waals surface area contributed by atoms with Crippen molar-refractivity contribution >= 4 is 23.1 Å². The minimum atomic E-state index is 0.128. The highest BCUT2D eigenvalue weighted by molar-refractivity contribution is 6.30. The number of fused-ring (bicyclic) bond motifs is 1. The van der Waals surface area contributed by atoms with Gasteiger partial charge in [0.25, 0.3) is 0 Å². The van der Waals surface area contributed by atoms with Crippen LogP contribution >= 0.6 is 11.6 Å². The van der Waals surface area contributed by atoms with Gasteiger partial charge in [0.05, 0.1) is 0 Å². The van der Waals surface area contributed by atoms with Crippen LogP contribution in [0, 0.1) is 6.92 Å². The van der Waals surface area contributed by atoms with Crippen molar-refractivity contribution in [3.63, 3.8) is 0 Å². The number of aromatic nitrogens is 3. The summed E-state index contributed by atoms with van der Waals surface area (Å²) in [5.41, 5.74) is 3.12. The third kappa shape index (κ3) is 2.47. The van der Waals surface area contributed by atoms with Crippen molar-refractivity contribution in [1.82, 2.24) is 14.6 Å². The summed E-state index contributed by atoms with van der Waals surface area (Å²) in [4.78, 5) is 4.23. The molecule has 5 heteroatoms. The molecule has 0 aliphatic rings. The van der Waals surface area contributed by atoms with Gasteiger partial charge in [-0.2, -0.15) is 9.61 Å². The summed E-state index contributed by atoms with van der Waals surface area (Å²) in [7, 11) is 0. The molecule has 4 nitrogen and oxygen atoms in total. The van der Waals surface area contributed by atoms with Gasteiger partial charge in [0.15, 0.2) is 5.65 Å². The topological polar surface area (TPSA) is 42.2 Å². The summed E-state index contributed by atoms with van der Waals surface area (Å²) < 4.78 is 1.80. The van der Waals surface area contributed by atoms with E-state index in [1.54, 1.807) is 10.8 Å². The van der Waals surface area contributed by atoms with E-state index >= 15 is 0 Å². The van der Waals surface area contributed by atoms with Crippen molar-refractivity contribution in [1.29, 1.82) is 0 Å². The molecule has 2 aromatic heterocycles. The Hall–Kier alpha value is -2.07. The first-order valence-corrected chi connectivity index (χ1v) is 6.83. The molecule has 1 aromatic carbocycles. The van der Waals surface area contributed by atoms with Gasteiger partial charge < -0.3 is 5.32 Å². The Labute approximate surface area is 122 Å². The fraction of sp³-hybridized carbons (Fsp3) is 0.200. The average molecular weight is 287 g/mol. The van der Waals surface area contributed by atoms with E-state index < -0.39 is 0 Å². The standard InChI is InChI=1S/C15H15ClN4/c1-10-6-14-17-9-18-20(14)15(7-10)19-11(2)12-4-3-5-13(16)8-12/h3-9,11,19H,1-2H3. The van der Waals surface area contributed by atoms with E-state index in [-0.39, 0.29) is 6.04 Å². The van der Waals surface area contributed by atoms with Gasteiger partial charge in [0, 0.05) is 11.1 Å². The van der Waals surface area contributed by atoms with Gasteiger partial charge in [-0.25, -0.2) is 4.98 Å². The van der Waals surface area contributed by atoms with Gasteiger partial charge in [-0.05, 0) is 49.2 Å². The summed E-state index contributed by atoms with van der Waals surface area (Å²) in [6, 6.07) is 12.0. The van der Waals surface area contributed by atoms with Crippen LogP contribution in [0.1, 0.15) is 24.1 Å². The van der Waals surface area contributed by atoms with Crippen LogP contribution in [0.3, 0.4) is 0 Å². The first kappa shape index (κ1) is 12.9. The molecule has 0 bridgehead atoms. The van der Waals surface area contributed by atoms with Gasteiger partial charge in [-0.15, -0.1) is 0 Å². The van der Waals surface area contributed by atoms with Crippen molar-refractivity contribution in [2.75, 3.05) is 5.32 Å². The zero-order valence-electron chi connectivity index (χ0n) is 11.3. The predicted octanol–water partition coefficient (Wildman–Crippen LogP) is 3.86. The smallest absolute Gasteiger partial charge is 0.157 e. The highest BCUT2D eigenvalue weighted by Gasteiger charge is 2.09. The largest absolute Gasteiger partial charge is 0.363 e. The van der Waals surface area contributed by atoms with Gasteiger partial charge in [-0.3, -0.25) is 0 Å². The summed E-state index contributed by atoms with van der Waals surface area (Å²) in [5, 5.41) is 8.44. The number of nitrogens with zero attached hydrogens (tertiary/aromatic N) is 3. The maximum Gasteiger partial charge on any atom is 0.157 e. The number of nitrogens with one attached hydrogen (secondary N) is 1. The Morgan fingerprint density at radius 3 is 2.90 bits per heavy atom. The SMILES string of the molecule is Cc1cc(NC(C)c2cccc(Cl)c2)n2ncnc2c1. The Morgan fingerprint density at radius 2 is 2.10 bits per heavy atom. The van der Waals surface area contributed by atoms with Crippen molar-refractivity contribution in [2.24, 2.45) is 0 Å². The number of halogens is 1. The third-order valence-corrected chi connectivity index (χ3v) is 3.47. The predicted molar refractivity (Wildman–Crippen MR) is 81.2 cm³/mol. The third-order valence-electron chi connectivity index (χ3n) is 3.24. The second-order valence-corrected chi connectivity index (χ2v) is 5.31. The number of pyridine rings is 1. The molecule has 1 atom stereocenters. The van der Waals surface area contributed by atoms with Crippen LogP contribution in [0.5, 0.6) is 0 Å². The fourth-order valence-corrected chi connectivity index (χ4v) is 2.44. The normalized spacial score (nSPS) is 12.6. The molecule has 3 aromatic rings. The van der Waals surface area contributed by atoms with Crippen LogP contribution in [0.15, 0.2) is 42.7 Å². The Morgan fingerprint density at radius 1 is 1.25 bits per heavy atom. The monoisotopic (exact) mass is 286 g/mol. The minimum absolute atomic E-state index is 0.128. The molecule has 1 N–H and O–H groups in total. The van der Waals surface area contributed by atoms with Gasteiger partial charge in [0.2, 0.25) is 0 Å². The van der Waals surface area contributed by atoms with E-state index in [9.17, 15) is 0 Å². The van der Waals surface area contributed by atoms with Crippen molar-refractivity contribution in [2.45, 2.75) is 19.9 Å². The zero-order chi connectivity index (χ0) is 14.1. The Bertz CT molecular complexity index is 750. The van der Waals surface area contributed by atoms with E-state index in [0.29, 0.717) is 0 Å². The molecule has 0 aliphatic heterocycles. The average Bonchev–Trinajstić information content (AvgIpc) is 2.86. The maximum atomic E-state index is 6.04. The van der Waals surface area contributed by atoms with E-state index in [0.717, 1.165) is 27.6 Å². The maximum absolute atomic E-state index is 6.04. The lowest BCUT2D eigenvalue weighted by atomic mass is 10.1. The number of hydrogen-bond donors (Lipinski definition) is 1. The number of hydrogen-bond acceptors (Lipinski definition) is 3. The lowest BCUT2D eigenvalue weighted by molar-refractivity contribution is 0.845. The molecule has 0 saturated heterocycles. The molecule has 3 rings (SSSR count). The van der Waals surface area contributed by atoms with Gasteiger partial charge >= 0.3 is 0 Å². The van der Waals surface area contributed by atoms with Crippen LogP contribution in [-0.4, -0.2) is 14.6 Å². The number of anilines is 1. The van der Waals surface area contributed by atoms with E-state index in [4.69, 9.17) is 11.6 Å². The van der Waals surface area contributed by atoms with Gasteiger partial charge in [0.1, 0.15) is 12.1 Å². The molecule has 102 valence electrons. The highest BCUT2D eigenvalue weighted by Crippen LogP contribution is 2.22. The molecular formula is C15H15ClN4. The van der Waals surface area contributed by atoms with E-state index in [2.05, 4.69) is 34.5 Å². The molecule has 20 heavy (non-hydrogen) atoms. The first-order chi connectivity index (χ1) is 9.63. The Kier molecular flexibility index (Phi) is 3.32. The minimum Gasteiger partial charge on any atom is -0.363 e. The summed E-state index contributed by atoms with van der Waals surface area (Å²) >= 11 is 6.04. The molecule has 1 unspecified atom stereocenters. The fourth-order valence-electron chi connectivity index (χ4n) is 2.24. The molecule has 2 heterocycles. The van der Waals surface area contributed by atoms with Crippen LogP contribution in [-0.2, 0) is 0 Å². The quantitative estimate of drug-likeness (QED) is 0.795. The molecular weight excluding hydrogens is 272 g/mol. The van der Waals surface area contributed by atoms with Crippen LogP contribution < -0.4 is 5.32 Å². The molecule has 0 fully saturated rings. The molecule has 0 saturated carbocycles. The second kappa shape index (κ2) is 5.13. The molecule has 0 spiro atoms. The van der Waals surface area contributed by atoms with Crippen LogP contribution in [0.25, 0.3) is 5.65 Å². The lowest BCUT2D eigenvalue weighted by Gasteiger charge is -2.17. The van der Waals surface area contributed by atoms with E-state index in [1.165, 1.54) is 0 Å². The number of rotatable bonds is 3. The summed E-state index contributed by atoms with van der Waals surface area (Å²) in [5.74, 6) is 0.921. The lowest BCUT2D eigenvalue weighted by Crippen LogP contribution is -2.10. The zero-order valence-corrected chi connectivity index (χ0v) is 12.1. The van der Waals surface area contributed by atoms with Crippen molar-refractivity contribution in [3.05, 3.63) is 58.9 Å². The van der Waals surface area contributed by atoms with E-state index in [1.807, 2.05) is 31.2 Å². The summed E-state index contributed by atoms with van der Waals surface area (Å²) in [6.07, 6.45) is 1.56. The Balaban J connectivity index is 1.94. The van der Waals surface area contributed by atoms with Crippen molar-refractivity contribution in [3.8, 4) is 0 Å². The highest BCUT2D eigenvalue weighted by atomic mass is 35.5. The molecule has 0 amide bonds. The van der Waals surface area contributed by atoms with Crippen LogP contribution in [0.4, 0.5) is 5.82 Å². The van der Waals surface area contributed by atoms with Crippen LogP contribution in [0.2, 0.25) is 5.02 Å². The second-order valence-electron chi connectivity index (χ2n) is 4.87.